The maximum Gasteiger partial charge on any atom is 0.259 e. The molecule has 0 bridgehead atoms. The number of sulfonamides is 1. The maximum absolute atomic E-state index is 12.1. The normalized spacial score (nSPS) is 13.2. The Hall–Kier alpha value is -1.32. The smallest absolute Gasteiger partial charge is 0.259 e. The summed E-state index contributed by atoms with van der Waals surface area (Å²) in [7, 11) is -3.58. The molecule has 0 saturated carbocycles. The lowest BCUT2D eigenvalue weighted by Gasteiger charge is -2.12. The van der Waals surface area contributed by atoms with Crippen LogP contribution in [-0.4, -0.2) is 24.0 Å². The highest BCUT2D eigenvalue weighted by Crippen LogP contribution is 2.11. The third-order valence-electron chi connectivity index (χ3n) is 2.75. The van der Waals surface area contributed by atoms with Crippen LogP contribution >= 0.6 is 0 Å². The van der Waals surface area contributed by atoms with Gasteiger partial charge in [0.2, 0.25) is 0 Å². The van der Waals surface area contributed by atoms with Crippen LogP contribution in [0.15, 0.2) is 11.2 Å². The molecular formula is C12H19N3O2S. The number of hydrogen-bond donors (Lipinski definition) is 1. The van der Waals surface area contributed by atoms with E-state index in [2.05, 4.69) is 15.6 Å². The van der Waals surface area contributed by atoms with Crippen LogP contribution in [0.1, 0.15) is 32.5 Å². The summed E-state index contributed by atoms with van der Waals surface area (Å²) in [6.07, 6.45) is 7.78. The van der Waals surface area contributed by atoms with E-state index < -0.39 is 10.0 Å². The maximum atomic E-state index is 12.1. The lowest BCUT2D eigenvalue weighted by Crippen LogP contribution is -2.34. The van der Waals surface area contributed by atoms with Gasteiger partial charge in [0.1, 0.15) is 5.82 Å². The van der Waals surface area contributed by atoms with Crippen LogP contribution in [0.5, 0.6) is 0 Å². The summed E-state index contributed by atoms with van der Waals surface area (Å²) in [5.74, 6) is 3.15. The van der Waals surface area contributed by atoms with Crippen molar-refractivity contribution in [3.63, 3.8) is 0 Å². The number of imidazole rings is 1. The molecule has 1 rings (SSSR count). The van der Waals surface area contributed by atoms with Crippen LogP contribution in [0.2, 0.25) is 0 Å². The molecule has 1 atom stereocenters. The summed E-state index contributed by atoms with van der Waals surface area (Å²) in [5.41, 5.74) is 0. The van der Waals surface area contributed by atoms with E-state index in [9.17, 15) is 8.42 Å². The largest absolute Gasteiger partial charge is 0.334 e. The van der Waals surface area contributed by atoms with E-state index in [1.807, 2.05) is 13.8 Å². The summed E-state index contributed by atoms with van der Waals surface area (Å²) in [5, 5.41) is 0.0531. The van der Waals surface area contributed by atoms with Gasteiger partial charge in [0.05, 0.1) is 0 Å². The fourth-order valence-electron chi connectivity index (χ4n) is 1.62. The number of aryl methyl sites for hydroxylation is 2. The quantitative estimate of drug-likeness (QED) is 0.792. The second kappa shape index (κ2) is 6.03. The van der Waals surface area contributed by atoms with Gasteiger partial charge >= 0.3 is 0 Å². The molecule has 0 radical (unpaired) electrons. The van der Waals surface area contributed by atoms with Crippen LogP contribution in [0, 0.1) is 19.3 Å². The van der Waals surface area contributed by atoms with E-state index >= 15 is 0 Å². The Bertz CT molecular complexity index is 540. The minimum Gasteiger partial charge on any atom is -0.334 e. The van der Waals surface area contributed by atoms with E-state index in [0.717, 1.165) is 0 Å². The molecule has 1 aromatic heterocycles. The number of nitrogens with zero attached hydrogens (tertiary/aromatic N) is 2. The van der Waals surface area contributed by atoms with Crippen LogP contribution < -0.4 is 4.72 Å². The number of rotatable bonds is 6. The summed E-state index contributed by atoms with van der Waals surface area (Å²) >= 11 is 0. The van der Waals surface area contributed by atoms with E-state index in [1.54, 1.807) is 17.7 Å². The first-order chi connectivity index (χ1) is 8.44. The molecule has 1 heterocycles. The Morgan fingerprint density at radius 2 is 2.22 bits per heavy atom. The summed E-state index contributed by atoms with van der Waals surface area (Å²) in [4.78, 5) is 4.06. The average molecular weight is 269 g/mol. The van der Waals surface area contributed by atoms with Crippen molar-refractivity contribution < 1.29 is 8.42 Å². The highest BCUT2D eigenvalue weighted by atomic mass is 32.2. The zero-order chi connectivity index (χ0) is 13.8. The molecule has 0 aromatic carbocycles. The third kappa shape index (κ3) is 3.34. The van der Waals surface area contributed by atoms with Crippen molar-refractivity contribution in [3.8, 4) is 12.3 Å². The van der Waals surface area contributed by atoms with Gasteiger partial charge in [-0.3, -0.25) is 0 Å². The Morgan fingerprint density at radius 1 is 1.56 bits per heavy atom. The van der Waals surface area contributed by atoms with Crippen LogP contribution in [0.25, 0.3) is 0 Å². The molecule has 0 aliphatic heterocycles. The number of nitrogens with one attached hydrogen (secondary N) is 1. The molecule has 1 N–H and O–H groups in total. The van der Waals surface area contributed by atoms with Crippen LogP contribution in [-0.2, 0) is 16.6 Å². The molecule has 0 fully saturated rings. The second-order valence-electron chi connectivity index (χ2n) is 4.05. The highest BCUT2D eigenvalue weighted by molar-refractivity contribution is 7.89. The fourth-order valence-corrected chi connectivity index (χ4v) is 2.95. The molecule has 100 valence electrons. The van der Waals surface area contributed by atoms with Crippen molar-refractivity contribution in [2.24, 2.45) is 0 Å². The molecule has 18 heavy (non-hydrogen) atoms. The molecule has 0 amide bonds. The predicted molar refractivity (Wildman–Crippen MR) is 70.5 cm³/mol. The highest BCUT2D eigenvalue weighted by Gasteiger charge is 2.22. The number of terminal acetylenes is 1. The standard InChI is InChI=1S/C12H19N3O2S/c1-5-8-11(6-2)14-18(16,17)12-9-15(7-3)10(4)13-12/h1,9,11,14H,6-8H2,2-4H3. The van der Waals surface area contributed by atoms with Gasteiger partial charge in [-0.15, -0.1) is 12.3 Å². The summed E-state index contributed by atoms with van der Waals surface area (Å²) in [6, 6.07) is -0.243. The molecule has 0 aliphatic rings. The fraction of sp³-hybridized carbons (Fsp3) is 0.583. The van der Waals surface area contributed by atoms with Gasteiger partial charge < -0.3 is 4.57 Å². The minimum absolute atomic E-state index is 0.0531. The van der Waals surface area contributed by atoms with Gasteiger partial charge in [-0.25, -0.2) is 18.1 Å². The van der Waals surface area contributed by atoms with Gasteiger partial charge in [-0.05, 0) is 20.3 Å². The molecule has 0 saturated heterocycles. The Kier molecular flexibility index (Phi) is 4.93. The number of hydrogen-bond acceptors (Lipinski definition) is 3. The molecule has 0 aliphatic carbocycles. The number of aromatic nitrogens is 2. The topological polar surface area (TPSA) is 64.0 Å². The van der Waals surface area contributed by atoms with Gasteiger partial charge in [0.15, 0.2) is 5.03 Å². The van der Waals surface area contributed by atoms with Crippen LogP contribution in [0.4, 0.5) is 0 Å². The lowest BCUT2D eigenvalue weighted by atomic mass is 10.2. The first-order valence-electron chi connectivity index (χ1n) is 5.94. The van der Waals surface area contributed by atoms with Gasteiger partial charge in [-0.1, -0.05) is 6.92 Å². The van der Waals surface area contributed by atoms with Crippen molar-refractivity contribution in [2.45, 2.75) is 51.2 Å². The lowest BCUT2D eigenvalue weighted by molar-refractivity contribution is 0.541. The molecular weight excluding hydrogens is 250 g/mol. The Morgan fingerprint density at radius 3 is 2.67 bits per heavy atom. The SMILES string of the molecule is C#CCC(CC)NS(=O)(=O)c1cn(CC)c(C)n1. The van der Waals surface area contributed by atoms with E-state index in [1.165, 1.54) is 0 Å². The first kappa shape index (κ1) is 14.7. The van der Waals surface area contributed by atoms with E-state index in [-0.39, 0.29) is 11.1 Å². The molecule has 0 spiro atoms. The third-order valence-corrected chi connectivity index (χ3v) is 4.14. The van der Waals surface area contributed by atoms with E-state index in [0.29, 0.717) is 25.2 Å². The molecule has 1 aromatic rings. The van der Waals surface area contributed by atoms with E-state index in [4.69, 9.17) is 6.42 Å². The van der Waals surface area contributed by atoms with Crippen molar-refractivity contribution in [3.05, 3.63) is 12.0 Å². The second-order valence-corrected chi connectivity index (χ2v) is 5.71. The predicted octanol–water partition coefficient (Wildman–Crippen LogP) is 1.29. The first-order valence-corrected chi connectivity index (χ1v) is 7.42. The zero-order valence-electron chi connectivity index (χ0n) is 11.0. The van der Waals surface area contributed by atoms with Crippen molar-refractivity contribution in [2.75, 3.05) is 0 Å². The Balaban J connectivity index is 2.95. The van der Waals surface area contributed by atoms with Gasteiger partial charge in [0.25, 0.3) is 10.0 Å². The van der Waals surface area contributed by atoms with Gasteiger partial charge in [-0.2, -0.15) is 0 Å². The minimum atomic E-state index is -3.58. The molecule has 5 nitrogen and oxygen atoms in total. The van der Waals surface area contributed by atoms with Crippen LogP contribution in [0.3, 0.4) is 0 Å². The monoisotopic (exact) mass is 269 g/mol. The van der Waals surface area contributed by atoms with Crippen molar-refractivity contribution in [1.29, 1.82) is 0 Å². The van der Waals surface area contributed by atoms with Crippen molar-refractivity contribution in [1.82, 2.24) is 14.3 Å². The zero-order valence-corrected chi connectivity index (χ0v) is 11.8. The van der Waals surface area contributed by atoms with Crippen molar-refractivity contribution >= 4 is 10.0 Å². The molecule has 6 heteroatoms. The molecule has 1 unspecified atom stereocenters. The van der Waals surface area contributed by atoms with Gasteiger partial charge in [0, 0.05) is 25.2 Å². The summed E-state index contributed by atoms with van der Waals surface area (Å²) < 4.78 is 28.6. The summed E-state index contributed by atoms with van der Waals surface area (Å²) in [6.45, 7) is 6.29. The average Bonchev–Trinajstić information content (AvgIpc) is 2.70. The Labute approximate surface area is 109 Å².